The average molecular weight is 588 g/mol. The molecule has 0 radical (unpaired) electrons. The minimum absolute atomic E-state index is 0. The third kappa shape index (κ3) is 5.78. The Morgan fingerprint density at radius 2 is 0.903 bits per heavy atom. The summed E-state index contributed by atoms with van der Waals surface area (Å²) >= 11 is 0. The summed E-state index contributed by atoms with van der Waals surface area (Å²) in [6.45, 7) is 0. The molecule has 0 amide bonds. The van der Waals surface area contributed by atoms with E-state index in [1.807, 2.05) is 97.1 Å². The number of aromatic nitrogens is 2. The summed E-state index contributed by atoms with van der Waals surface area (Å²) in [5.74, 6) is 0.301. The molecule has 0 fully saturated rings. The Morgan fingerprint density at radius 3 is 1.29 bits per heavy atom. The predicted octanol–water partition coefficient (Wildman–Crippen LogP) is 6.25. The van der Waals surface area contributed by atoms with Gasteiger partial charge in [-0.05, 0) is 24.3 Å². The molecule has 2 aromatic carbocycles. The van der Waals surface area contributed by atoms with Crippen LogP contribution in [0.3, 0.4) is 0 Å². The molecule has 0 aliphatic carbocycles. The molecule has 4 aromatic rings. The van der Waals surface area contributed by atoms with Gasteiger partial charge in [0.1, 0.15) is 11.5 Å². The summed E-state index contributed by atoms with van der Waals surface area (Å²) in [5.41, 5.74) is 4.07. The van der Waals surface area contributed by atoms with Crippen LogP contribution in [-0.2, 0) is 21.1 Å². The van der Waals surface area contributed by atoms with Crippen molar-refractivity contribution in [1.29, 1.82) is 0 Å². The van der Waals surface area contributed by atoms with E-state index in [-0.39, 0.29) is 32.6 Å². The maximum atomic E-state index is 10.4. The number of pyridine rings is 2. The molecule has 2 N–H and O–H groups in total. The van der Waals surface area contributed by atoms with E-state index in [0.29, 0.717) is 22.8 Å². The molecule has 156 valence electrons. The van der Waals surface area contributed by atoms with E-state index in [9.17, 15) is 10.2 Å². The first-order valence-electron chi connectivity index (χ1n) is 9.56. The molecule has 0 unspecified atom stereocenters. The molecule has 31 heavy (non-hydrogen) atoms. The van der Waals surface area contributed by atoms with Gasteiger partial charge >= 0.3 is 0 Å². The van der Waals surface area contributed by atoms with Gasteiger partial charge in [0.15, 0.2) is 0 Å². The van der Waals surface area contributed by atoms with E-state index < -0.39 is 0 Å². The number of rotatable bonds is 5. The number of hydrogen-bond acceptors (Lipinski definition) is 4. The van der Waals surface area contributed by atoms with Crippen LogP contribution in [-0.4, -0.2) is 20.2 Å². The van der Waals surface area contributed by atoms with Crippen LogP contribution in [0.1, 0.15) is 22.5 Å². The van der Waals surface area contributed by atoms with Gasteiger partial charge in [-0.3, -0.25) is 0 Å². The topological polar surface area (TPSA) is 66.2 Å². The Morgan fingerprint density at radius 1 is 0.516 bits per heavy atom. The second kappa shape index (κ2) is 10.5. The van der Waals surface area contributed by atoms with Crippen LogP contribution in [0.25, 0.3) is 35.1 Å². The SMILES string of the molecule is O/C(=C\c1cccc(-c2cccc(/C=C(\O)c3ccccc3)n2)n1)c1ccccc1.[Pt]. The van der Waals surface area contributed by atoms with Crippen LogP contribution >= 0.6 is 0 Å². The Balaban J connectivity index is 0.00000272. The van der Waals surface area contributed by atoms with Crippen molar-refractivity contribution in [3.05, 3.63) is 120 Å². The molecule has 2 aromatic heterocycles. The molecule has 0 saturated heterocycles. The maximum Gasteiger partial charge on any atom is 0.124 e. The largest absolute Gasteiger partial charge is 0.507 e. The fourth-order valence-electron chi connectivity index (χ4n) is 3.01. The third-order valence-electron chi connectivity index (χ3n) is 4.51. The number of nitrogens with zero attached hydrogens (tertiary/aromatic N) is 2. The quantitative estimate of drug-likeness (QED) is 0.271. The standard InChI is InChI=1S/C26H20N2O2.Pt/c29-25(19-9-3-1-4-10-19)17-21-13-7-15-23(27-21)24-16-8-14-22(28-24)18-26(30)20-11-5-2-6-12-20;/h1-18,29-30H;/b25-17-,26-18-;. The van der Waals surface area contributed by atoms with Gasteiger partial charge in [-0.2, -0.15) is 0 Å². The van der Waals surface area contributed by atoms with E-state index in [0.717, 1.165) is 11.1 Å². The second-order valence-corrected chi connectivity index (χ2v) is 6.69. The Kier molecular flexibility index (Phi) is 7.53. The van der Waals surface area contributed by atoms with E-state index in [1.54, 1.807) is 12.2 Å². The van der Waals surface area contributed by atoms with Crippen LogP contribution in [0.2, 0.25) is 0 Å². The zero-order valence-corrected chi connectivity index (χ0v) is 18.8. The van der Waals surface area contributed by atoms with Gasteiger partial charge in [0.05, 0.1) is 22.8 Å². The average Bonchev–Trinajstić information content (AvgIpc) is 2.80. The van der Waals surface area contributed by atoms with Crippen molar-refractivity contribution >= 4 is 23.7 Å². The van der Waals surface area contributed by atoms with Crippen molar-refractivity contribution < 1.29 is 31.3 Å². The van der Waals surface area contributed by atoms with Gasteiger partial charge in [0, 0.05) is 44.3 Å². The number of aliphatic hydroxyl groups is 2. The molecule has 4 rings (SSSR count). The molecule has 0 aliphatic heterocycles. The molecule has 0 spiro atoms. The molecular weight excluding hydrogens is 567 g/mol. The fraction of sp³-hybridized carbons (Fsp3) is 0. The van der Waals surface area contributed by atoms with Crippen LogP contribution in [0, 0.1) is 0 Å². The summed E-state index contributed by atoms with van der Waals surface area (Å²) in [4.78, 5) is 9.21. The first kappa shape index (κ1) is 22.2. The number of hydrogen-bond donors (Lipinski definition) is 2. The van der Waals surface area contributed by atoms with E-state index >= 15 is 0 Å². The molecule has 2 heterocycles. The van der Waals surface area contributed by atoms with Gasteiger partial charge in [-0.1, -0.05) is 72.8 Å². The molecule has 0 bridgehead atoms. The molecule has 0 aliphatic rings. The van der Waals surface area contributed by atoms with Crippen molar-refractivity contribution in [3.63, 3.8) is 0 Å². The van der Waals surface area contributed by atoms with Crippen molar-refractivity contribution in [2.45, 2.75) is 0 Å². The summed E-state index contributed by atoms with van der Waals surface area (Å²) in [6.07, 6.45) is 3.26. The fourth-order valence-corrected chi connectivity index (χ4v) is 3.01. The van der Waals surface area contributed by atoms with Crippen molar-refractivity contribution in [2.24, 2.45) is 0 Å². The van der Waals surface area contributed by atoms with Crippen molar-refractivity contribution in [2.75, 3.05) is 0 Å². The normalized spacial score (nSPS) is 11.6. The monoisotopic (exact) mass is 587 g/mol. The van der Waals surface area contributed by atoms with Gasteiger partial charge in [-0.25, -0.2) is 9.97 Å². The second-order valence-electron chi connectivity index (χ2n) is 6.69. The minimum atomic E-state index is 0. The van der Waals surface area contributed by atoms with E-state index in [1.165, 1.54) is 0 Å². The zero-order valence-electron chi connectivity index (χ0n) is 16.5. The van der Waals surface area contributed by atoms with Gasteiger partial charge in [0.25, 0.3) is 0 Å². The molecule has 5 heteroatoms. The molecule has 0 atom stereocenters. The van der Waals surface area contributed by atoms with E-state index in [4.69, 9.17) is 0 Å². The van der Waals surface area contributed by atoms with Gasteiger partial charge < -0.3 is 10.2 Å². The first-order valence-corrected chi connectivity index (χ1v) is 9.56. The van der Waals surface area contributed by atoms with Crippen LogP contribution in [0.15, 0.2) is 97.1 Å². The molecule has 4 nitrogen and oxygen atoms in total. The van der Waals surface area contributed by atoms with Crippen molar-refractivity contribution in [1.82, 2.24) is 9.97 Å². The van der Waals surface area contributed by atoms with E-state index in [2.05, 4.69) is 9.97 Å². The predicted molar refractivity (Wildman–Crippen MR) is 121 cm³/mol. The Hall–Kier alpha value is -3.49. The van der Waals surface area contributed by atoms with Crippen molar-refractivity contribution in [3.8, 4) is 11.4 Å². The maximum absolute atomic E-state index is 10.4. The van der Waals surface area contributed by atoms with Gasteiger partial charge in [0.2, 0.25) is 0 Å². The molecular formula is C26H20N2O2Pt. The summed E-state index contributed by atoms with van der Waals surface area (Å²) in [5, 5.41) is 20.7. The minimum Gasteiger partial charge on any atom is -0.507 e. The number of aliphatic hydroxyl groups excluding tert-OH is 2. The van der Waals surface area contributed by atoms with Crippen LogP contribution < -0.4 is 0 Å². The van der Waals surface area contributed by atoms with Crippen LogP contribution in [0.4, 0.5) is 0 Å². The molecule has 0 saturated carbocycles. The zero-order chi connectivity index (χ0) is 20.8. The summed E-state index contributed by atoms with van der Waals surface area (Å²) in [7, 11) is 0. The first-order chi connectivity index (χ1) is 14.7. The smallest absolute Gasteiger partial charge is 0.124 e. The summed E-state index contributed by atoms with van der Waals surface area (Å²) < 4.78 is 0. The number of benzene rings is 2. The van der Waals surface area contributed by atoms with Gasteiger partial charge in [-0.15, -0.1) is 0 Å². The summed E-state index contributed by atoms with van der Waals surface area (Å²) in [6, 6.07) is 29.8. The Labute approximate surface area is 195 Å². The Bertz CT molecular complexity index is 1110. The van der Waals surface area contributed by atoms with Crippen LogP contribution in [0.5, 0.6) is 0 Å². The third-order valence-corrected chi connectivity index (χ3v) is 4.51.